The van der Waals surface area contributed by atoms with Gasteiger partial charge in [-0.25, -0.2) is 0 Å². The molecule has 0 saturated carbocycles. The first-order chi connectivity index (χ1) is 3.31. The lowest BCUT2D eigenvalue weighted by Gasteiger charge is -1.85. The Balaban J connectivity index is 3.52. The Morgan fingerprint density at radius 3 is 2.43 bits per heavy atom. The van der Waals surface area contributed by atoms with Gasteiger partial charge in [0.05, 0.1) is 7.11 Å². The predicted octanol–water partition coefficient (Wildman–Crippen LogP) is 0.984. The van der Waals surface area contributed by atoms with E-state index in [1.165, 1.54) is 7.11 Å². The maximum absolute atomic E-state index is 4.56. The van der Waals surface area contributed by atoms with Crippen molar-refractivity contribution in [3.63, 3.8) is 0 Å². The third-order valence-electron chi connectivity index (χ3n) is 0.412. The fraction of sp³-hybridized carbons (Fsp3) is 0.400. The highest BCUT2D eigenvalue weighted by Crippen LogP contribution is 1.71. The average molecular weight is 114 g/mol. The third-order valence-corrected chi connectivity index (χ3v) is 0.681. The first-order valence-electron chi connectivity index (χ1n) is 1.82. The maximum atomic E-state index is 4.56. The van der Waals surface area contributed by atoms with Gasteiger partial charge in [0.25, 0.3) is 0 Å². The van der Waals surface area contributed by atoms with E-state index in [4.69, 9.17) is 0 Å². The van der Waals surface area contributed by atoms with Crippen LogP contribution in [0.15, 0.2) is 0 Å². The maximum Gasteiger partial charge on any atom is 0.237 e. The van der Waals surface area contributed by atoms with Crippen LogP contribution in [0.3, 0.4) is 0 Å². The highest BCUT2D eigenvalue weighted by Gasteiger charge is 1.77. The van der Waals surface area contributed by atoms with E-state index in [9.17, 15) is 0 Å². The molecule has 1 nitrogen and oxygen atoms in total. The summed E-state index contributed by atoms with van der Waals surface area (Å²) in [5.41, 5.74) is 0. The van der Waals surface area contributed by atoms with Gasteiger partial charge in [-0.05, 0) is 25.1 Å². The van der Waals surface area contributed by atoms with E-state index < -0.39 is 0 Å². The van der Waals surface area contributed by atoms with E-state index in [0.717, 1.165) is 0 Å². The largest absolute Gasteiger partial charge is 0.480 e. The van der Waals surface area contributed by atoms with Gasteiger partial charge in [-0.1, -0.05) is 5.92 Å². The van der Waals surface area contributed by atoms with Crippen molar-refractivity contribution in [3.8, 4) is 11.8 Å². The van der Waals surface area contributed by atoms with Crippen LogP contribution in [0.2, 0.25) is 0 Å². The van der Waals surface area contributed by atoms with Crippen LogP contribution in [0.1, 0.15) is 6.92 Å². The molecule has 0 heterocycles. The molecule has 0 saturated heterocycles. The molecule has 0 aliphatic carbocycles. The molecule has 0 aromatic rings. The van der Waals surface area contributed by atoms with E-state index in [1.807, 2.05) is 0 Å². The van der Waals surface area contributed by atoms with Crippen molar-refractivity contribution in [2.24, 2.45) is 0 Å². The van der Waals surface area contributed by atoms with Crippen LogP contribution in [0.5, 0.6) is 0 Å². The summed E-state index contributed by atoms with van der Waals surface area (Å²) in [5.74, 6) is 5.16. The van der Waals surface area contributed by atoms with Gasteiger partial charge in [-0.3, -0.25) is 0 Å². The SMILES string of the molecule is CC#CC(=S)OC. The molecule has 0 unspecified atom stereocenters. The minimum atomic E-state index is 0.350. The lowest BCUT2D eigenvalue weighted by molar-refractivity contribution is 0.420. The summed E-state index contributed by atoms with van der Waals surface area (Å²) in [7, 11) is 1.51. The standard InChI is InChI=1S/C5H6OS/c1-3-4-5(7)6-2/h1-2H3. The minimum Gasteiger partial charge on any atom is -0.480 e. The molecule has 0 rings (SSSR count). The highest BCUT2D eigenvalue weighted by atomic mass is 32.1. The fourth-order valence-corrected chi connectivity index (χ4v) is 0.255. The normalized spacial score (nSPS) is 6.00. The lowest BCUT2D eigenvalue weighted by Crippen LogP contribution is -1.89. The average Bonchev–Trinajstić information content (AvgIpc) is 1.68. The Morgan fingerprint density at radius 1 is 1.71 bits per heavy atom. The molecule has 0 amide bonds. The summed E-state index contributed by atoms with van der Waals surface area (Å²) in [6, 6.07) is 0. The second-order valence-corrected chi connectivity index (χ2v) is 1.24. The van der Waals surface area contributed by atoms with Crippen molar-refractivity contribution >= 4 is 17.3 Å². The van der Waals surface area contributed by atoms with E-state index in [2.05, 4.69) is 28.8 Å². The molecule has 2 heteroatoms. The summed E-state index contributed by atoms with van der Waals surface area (Å²) in [6.07, 6.45) is 0. The summed E-state index contributed by atoms with van der Waals surface area (Å²) in [5, 5.41) is 0.350. The second-order valence-electron chi connectivity index (χ2n) is 0.867. The van der Waals surface area contributed by atoms with Gasteiger partial charge >= 0.3 is 0 Å². The van der Waals surface area contributed by atoms with Gasteiger partial charge in [0.15, 0.2) is 0 Å². The van der Waals surface area contributed by atoms with Crippen molar-refractivity contribution in [2.45, 2.75) is 6.92 Å². The van der Waals surface area contributed by atoms with Gasteiger partial charge in [-0.15, -0.1) is 0 Å². The van der Waals surface area contributed by atoms with Crippen LogP contribution in [0, 0.1) is 11.8 Å². The zero-order chi connectivity index (χ0) is 5.70. The summed E-state index contributed by atoms with van der Waals surface area (Å²) >= 11 is 4.56. The van der Waals surface area contributed by atoms with Crippen molar-refractivity contribution < 1.29 is 4.74 Å². The molecule has 0 aromatic carbocycles. The number of hydrogen-bond donors (Lipinski definition) is 0. The summed E-state index contributed by atoms with van der Waals surface area (Å²) in [4.78, 5) is 0. The number of ether oxygens (including phenoxy) is 1. The quantitative estimate of drug-likeness (QED) is 0.343. The molecule has 0 aliphatic rings. The van der Waals surface area contributed by atoms with Crippen LogP contribution >= 0.6 is 12.2 Å². The minimum absolute atomic E-state index is 0.350. The number of rotatable bonds is 0. The molecular formula is C5H6OS. The second kappa shape index (κ2) is 3.63. The molecule has 0 aromatic heterocycles. The van der Waals surface area contributed by atoms with Crippen LogP contribution in [-0.4, -0.2) is 12.2 Å². The molecular weight excluding hydrogens is 108 g/mol. The van der Waals surface area contributed by atoms with Gasteiger partial charge in [0, 0.05) is 0 Å². The van der Waals surface area contributed by atoms with Crippen molar-refractivity contribution in [1.82, 2.24) is 0 Å². The van der Waals surface area contributed by atoms with Crippen molar-refractivity contribution in [3.05, 3.63) is 0 Å². The summed E-state index contributed by atoms with van der Waals surface area (Å²) < 4.78 is 4.55. The van der Waals surface area contributed by atoms with E-state index in [-0.39, 0.29) is 0 Å². The smallest absolute Gasteiger partial charge is 0.237 e. The fourth-order valence-electron chi connectivity index (χ4n) is 0.153. The lowest BCUT2D eigenvalue weighted by atomic mass is 10.6. The van der Waals surface area contributed by atoms with Gasteiger partial charge < -0.3 is 4.74 Å². The Hall–Kier alpha value is -0.550. The molecule has 0 bridgehead atoms. The molecule has 0 atom stereocenters. The zero-order valence-electron chi connectivity index (χ0n) is 4.32. The number of hydrogen-bond acceptors (Lipinski definition) is 2. The molecule has 0 aliphatic heterocycles. The number of methoxy groups -OCH3 is 1. The van der Waals surface area contributed by atoms with Crippen LogP contribution in [0.4, 0.5) is 0 Å². The Labute approximate surface area is 48.7 Å². The molecule has 0 fully saturated rings. The van der Waals surface area contributed by atoms with E-state index in [1.54, 1.807) is 6.92 Å². The summed E-state index contributed by atoms with van der Waals surface area (Å²) in [6.45, 7) is 1.71. The van der Waals surface area contributed by atoms with Gasteiger partial charge in [-0.2, -0.15) is 0 Å². The molecule has 0 radical (unpaired) electrons. The van der Waals surface area contributed by atoms with E-state index in [0.29, 0.717) is 5.05 Å². The van der Waals surface area contributed by atoms with Crippen molar-refractivity contribution in [1.29, 1.82) is 0 Å². The molecule has 0 N–H and O–H groups in total. The molecule has 0 spiro atoms. The predicted molar refractivity (Wildman–Crippen MR) is 33.1 cm³/mol. The highest BCUT2D eigenvalue weighted by molar-refractivity contribution is 7.80. The zero-order valence-corrected chi connectivity index (χ0v) is 5.13. The Morgan fingerprint density at radius 2 is 2.29 bits per heavy atom. The third kappa shape index (κ3) is 3.28. The van der Waals surface area contributed by atoms with Gasteiger partial charge in [0.1, 0.15) is 0 Å². The van der Waals surface area contributed by atoms with Crippen LogP contribution < -0.4 is 0 Å². The van der Waals surface area contributed by atoms with Crippen molar-refractivity contribution in [2.75, 3.05) is 7.11 Å². The Bertz CT molecular complexity index is 118. The first kappa shape index (κ1) is 6.45. The van der Waals surface area contributed by atoms with Crippen LogP contribution in [-0.2, 0) is 4.74 Å². The Kier molecular flexibility index (Phi) is 3.35. The molecule has 38 valence electrons. The first-order valence-corrected chi connectivity index (χ1v) is 2.22. The van der Waals surface area contributed by atoms with E-state index >= 15 is 0 Å². The van der Waals surface area contributed by atoms with Gasteiger partial charge in [0.2, 0.25) is 5.05 Å². The topological polar surface area (TPSA) is 9.23 Å². The van der Waals surface area contributed by atoms with Crippen LogP contribution in [0.25, 0.3) is 0 Å². The molecule has 7 heavy (non-hydrogen) atoms. The number of thiocarbonyl (C=S) groups is 1. The monoisotopic (exact) mass is 114 g/mol.